The fourth-order valence-electron chi connectivity index (χ4n) is 1.51. The molecule has 2 nitrogen and oxygen atoms in total. The molecule has 4 heteroatoms. The van der Waals surface area contributed by atoms with E-state index in [0.29, 0.717) is 11.6 Å². The molecule has 80 valence electrons. The van der Waals surface area contributed by atoms with E-state index in [1.54, 1.807) is 6.07 Å². The van der Waals surface area contributed by atoms with E-state index in [1.807, 2.05) is 22.6 Å². The number of halogens is 2. The average molecular weight is 319 g/mol. The second-order valence-electron chi connectivity index (χ2n) is 3.76. The van der Waals surface area contributed by atoms with E-state index in [-0.39, 0.29) is 11.7 Å². The van der Waals surface area contributed by atoms with Crippen LogP contribution in [0.5, 0.6) is 0 Å². The maximum Gasteiger partial charge on any atom is 0.251 e. The zero-order valence-electron chi connectivity index (χ0n) is 8.09. The van der Waals surface area contributed by atoms with Gasteiger partial charge in [-0.1, -0.05) is 0 Å². The first-order valence-electron chi connectivity index (χ1n) is 4.92. The zero-order chi connectivity index (χ0) is 10.8. The van der Waals surface area contributed by atoms with Gasteiger partial charge >= 0.3 is 0 Å². The molecular weight excluding hydrogens is 308 g/mol. The summed E-state index contributed by atoms with van der Waals surface area (Å²) in [6.45, 7) is 0. The van der Waals surface area contributed by atoms with Crippen LogP contribution in [0.3, 0.4) is 0 Å². The topological polar surface area (TPSA) is 29.1 Å². The average Bonchev–Trinajstić information content (AvgIpc) is 2.09. The molecule has 1 aliphatic rings. The summed E-state index contributed by atoms with van der Waals surface area (Å²) in [5, 5.41) is 2.88. The van der Waals surface area contributed by atoms with Crippen molar-refractivity contribution in [3.05, 3.63) is 33.1 Å². The van der Waals surface area contributed by atoms with Gasteiger partial charge in [-0.25, -0.2) is 4.39 Å². The van der Waals surface area contributed by atoms with Gasteiger partial charge in [0.2, 0.25) is 0 Å². The Hall–Kier alpha value is -0.650. The largest absolute Gasteiger partial charge is 0.349 e. The predicted octanol–water partition coefficient (Wildman–Crippen LogP) is 2.71. The summed E-state index contributed by atoms with van der Waals surface area (Å²) in [6.07, 6.45) is 3.25. The summed E-state index contributed by atoms with van der Waals surface area (Å²) >= 11 is 2.00. The van der Waals surface area contributed by atoms with Crippen LogP contribution in [0.2, 0.25) is 0 Å². The molecule has 0 aromatic heterocycles. The van der Waals surface area contributed by atoms with E-state index in [1.165, 1.54) is 18.6 Å². The number of hydrogen-bond acceptors (Lipinski definition) is 1. The fraction of sp³-hybridized carbons (Fsp3) is 0.364. The van der Waals surface area contributed by atoms with Crippen LogP contribution in [0.25, 0.3) is 0 Å². The van der Waals surface area contributed by atoms with E-state index in [2.05, 4.69) is 5.32 Å². The monoisotopic (exact) mass is 319 g/mol. The lowest BCUT2D eigenvalue weighted by Gasteiger charge is -2.26. The zero-order valence-corrected chi connectivity index (χ0v) is 10.3. The van der Waals surface area contributed by atoms with E-state index in [0.717, 1.165) is 16.4 Å². The van der Waals surface area contributed by atoms with Crippen molar-refractivity contribution in [2.24, 2.45) is 0 Å². The Morgan fingerprint density at radius 2 is 2.13 bits per heavy atom. The van der Waals surface area contributed by atoms with Crippen LogP contribution in [0, 0.1) is 9.39 Å². The van der Waals surface area contributed by atoms with Crippen molar-refractivity contribution in [2.75, 3.05) is 0 Å². The third-order valence-electron chi connectivity index (χ3n) is 2.57. The number of rotatable bonds is 2. The highest BCUT2D eigenvalue weighted by molar-refractivity contribution is 14.1. The van der Waals surface area contributed by atoms with Crippen molar-refractivity contribution in [2.45, 2.75) is 25.3 Å². The molecule has 0 bridgehead atoms. The molecule has 1 saturated carbocycles. The van der Waals surface area contributed by atoms with Gasteiger partial charge in [0.25, 0.3) is 5.91 Å². The summed E-state index contributed by atoms with van der Waals surface area (Å²) in [7, 11) is 0. The lowest BCUT2D eigenvalue weighted by Crippen LogP contribution is -2.39. The fourth-order valence-corrected chi connectivity index (χ4v) is 2.14. The van der Waals surface area contributed by atoms with Gasteiger partial charge in [-0.2, -0.15) is 0 Å². The molecule has 1 amide bonds. The molecule has 15 heavy (non-hydrogen) atoms. The molecule has 0 heterocycles. The Bertz CT molecular complexity index is 370. The first-order chi connectivity index (χ1) is 7.15. The molecule has 1 fully saturated rings. The lowest BCUT2D eigenvalue weighted by molar-refractivity contribution is 0.0916. The number of carbonyl (C=O) groups excluding carboxylic acids is 1. The van der Waals surface area contributed by atoms with Crippen LogP contribution in [-0.4, -0.2) is 11.9 Å². The third-order valence-corrected chi connectivity index (χ3v) is 3.19. The van der Waals surface area contributed by atoms with Gasteiger partial charge in [0.05, 0.1) is 0 Å². The second-order valence-corrected chi connectivity index (χ2v) is 5.01. The van der Waals surface area contributed by atoms with Crippen molar-refractivity contribution < 1.29 is 9.18 Å². The molecule has 0 saturated heterocycles. The van der Waals surface area contributed by atoms with Gasteiger partial charge < -0.3 is 5.32 Å². The van der Waals surface area contributed by atoms with Crippen molar-refractivity contribution >= 4 is 28.5 Å². The number of nitrogens with one attached hydrogen (secondary N) is 1. The van der Waals surface area contributed by atoms with E-state index < -0.39 is 0 Å². The Labute approximate surface area is 101 Å². The van der Waals surface area contributed by atoms with E-state index >= 15 is 0 Å². The summed E-state index contributed by atoms with van der Waals surface area (Å²) in [5.41, 5.74) is 0.409. The normalized spacial score (nSPS) is 15.9. The molecule has 0 atom stereocenters. The Balaban J connectivity index is 2.10. The van der Waals surface area contributed by atoms with E-state index in [4.69, 9.17) is 0 Å². The minimum absolute atomic E-state index is 0.169. The molecule has 0 spiro atoms. The van der Waals surface area contributed by atoms with Crippen molar-refractivity contribution in [1.82, 2.24) is 5.32 Å². The number of hydrogen-bond donors (Lipinski definition) is 1. The lowest BCUT2D eigenvalue weighted by atomic mass is 9.93. The molecule has 1 aromatic rings. The van der Waals surface area contributed by atoms with Gasteiger partial charge in [0, 0.05) is 15.2 Å². The molecule has 1 aromatic carbocycles. The highest BCUT2D eigenvalue weighted by Crippen LogP contribution is 2.19. The Kier molecular flexibility index (Phi) is 3.23. The van der Waals surface area contributed by atoms with Gasteiger partial charge in [0.15, 0.2) is 0 Å². The highest BCUT2D eigenvalue weighted by Gasteiger charge is 2.20. The molecule has 1 aliphatic carbocycles. The van der Waals surface area contributed by atoms with Crippen LogP contribution < -0.4 is 5.32 Å². The van der Waals surface area contributed by atoms with E-state index in [9.17, 15) is 9.18 Å². The van der Waals surface area contributed by atoms with Gasteiger partial charge in [-0.15, -0.1) is 0 Å². The summed E-state index contributed by atoms with van der Waals surface area (Å²) in [5.74, 6) is -0.530. The SMILES string of the molecule is O=C(NC1CCC1)c1cc(F)cc(I)c1. The van der Waals surface area contributed by atoms with Crippen LogP contribution in [0.4, 0.5) is 4.39 Å². The molecule has 0 unspecified atom stereocenters. The molecular formula is C11H11FINO. The van der Waals surface area contributed by atoms with Crippen LogP contribution in [0.15, 0.2) is 18.2 Å². The molecule has 0 aliphatic heterocycles. The van der Waals surface area contributed by atoms with Crippen LogP contribution >= 0.6 is 22.6 Å². The van der Waals surface area contributed by atoms with Gasteiger partial charge in [-0.3, -0.25) is 4.79 Å². The maximum atomic E-state index is 13.0. The summed E-state index contributed by atoms with van der Waals surface area (Å²) < 4.78 is 13.8. The molecule has 0 radical (unpaired) electrons. The summed E-state index contributed by atoms with van der Waals surface area (Å²) in [6, 6.07) is 4.66. The predicted molar refractivity (Wildman–Crippen MR) is 64.2 cm³/mol. The van der Waals surface area contributed by atoms with Crippen LogP contribution in [0.1, 0.15) is 29.6 Å². The maximum absolute atomic E-state index is 13.0. The standard InChI is InChI=1S/C11H11FINO/c12-8-4-7(5-9(13)6-8)11(15)14-10-2-1-3-10/h4-6,10H,1-3H2,(H,14,15). The minimum atomic E-state index is -0.361. The number of amides is 1. The molecule has 1 N–H and O–H groups in total. The van der Waals surface area contributed by atoms with Gasteiger partial charge in [-0.05, 0) is 60.1 Å². The van der Waals surface area contributed by atoms with Crippen molar-refractivity contribution in [3.63, 3.8) is 0 Å². The number of benzene rings is 1. The third kappa shape index (κ3) is 2.68. The Morgan fingerprint density at radius 1 is 1.40 bits per heavy atom. The smallest absolute Gasteiger partial charge is 0.251 e. The first kappa shape index (κ1) is 10.9. The minimum Gasteiger partial charge on any atom is -0.349 e. The summed E-state index contributed by atoms with van der Waals surface area (Å²) in [4.78, 5) is 11.7. The highest BCUT2D eigenvalue weighted by atomic mass is 127. The molecule has 2 rings (SSSR count). The van der Waals surface area contributed by atoms with Crippen molar-refractivity contribution in [1.29, 1.82) is 0 Å². The number of carbonyl (C=O) groups is 1. The first-order valence-corrected chi connectivity index (χ1v) is 6.00. The van der Waals surface area contributed by atoms with Crippen molar-refractivity contribution in [3.8, 4) is 0 Å². The Morgan fingerprint density at radius 3 is 2.67 bits per heavy atom. The quantitative estimate of drug-likeness (QED) is 0.835. The van der Waals surface area contributed by atoms with Crippen LogP contribution in [-0.2, 0) is 0 Å². The van der Waals surface area contributed by atoms with Gasteiger partial charge in [0.1, 0.15) is 5.82 Å². The second kappa shape index (κ2) is 4.47.